The summed E-state index contributed by atoms with van der Waals surface area (Å²) in [4.78, 5) is 5.31. The highest BCUT2D eigenvalue weighted by molar-refractivity contribution is 8.08. The first-order valence-electron chi connectivity index (χ1n) is 7.19. The van der Waals surface area contributed by atoms with Crippen LogP contribution in [-0.4, -0.2) is 24.2 Å². The second-order valence-corrected chi connectivity index (χ2v) is 7.82. The minimum absolute atomic E-state index is 0.725. The molecule has 0 saturated heterocycles. The van der Waals surface area contributed by atoms with Crippen molar-refractivity contribution in [2.45, 2.75) is 9.79 Å². The highest BCUT2D eigenvalue weighted by Gasteiger charge is 2.16. The lowest BCUT2D eigenvalue weighted by Gasteiger charge is -2.12. The van der Waals surface area contributed by atoms with E-state index in [9.17, 15) is 0 Å². The number of halogens is 1. The average molecular weight is 359 g/mol. The van der Waals surface area contributed by atoms with Gasteiger partial charge in [0.15, 0.2) is 6.19 Å². The van der Waals surface area contributed by atoms with Crippen molar-refractivity contribution in [1.82, 2.24) is 4.90 Å². The largest absolute Gasteiger partial charge is 0.313 e. The van der Waals surface area contributed by atoms with Crippen molar-refractivity contribution in [3.8, 4) is 6.19 Å². The zero-order valence-corrected chi connectivity index (χ0v) is 15.0. The maximum Gasteiger partial charge on any atom is 0.179 e. The van der Waals surface area contributed by atoms with E-state index in [4.69, 9.17) is 16.9 Å². The molecule has 5 heteroatoms. The molecule has 1 aliphatic rings. The Balaban J connectivity index is 1.96. The van der Waals surface area contributed by atoms with Crippen LogP contribution >= 0.6 is 35.1 Å². The Morgan fingerprint density at radius 2 is 2.04 bits per heavy atom. The van der Waals surface area contributed by atoms with Crippen LogP contribution in [-0.2, 0) is 0 Å². The first-order chi connectivity index (χ1) is 11.2. The first kappa shape index (κ1) is 16.3. The molecule has 0 fully saturated rings. The summed E-state index contributed by atoms with van der Waals surface area (Å²) < 4.78 is 0. The molecule has 2 aromatic carbocycles. The van der Waals surface area contributed by atoms with Crippen LogP contribution in [0.2, 0.25) is 5.02 Å². The third-order valence-corrected chi connectivity index (χ3v) is 5.93. The van der Waals surface area contributed by atoms with Crippen molar-refractivity contribution in [2.75, 3.05) is 19.3 Å². The van der Waals surface area contributed by atoms with Gasteiger partial charge in [-0.2, -0.15) is 5.26 Å². The van der Waals surface area contributed by atoms with Gasteiger partial charge in [-0.05, 0) is 35.9 Å². The Morgan fingerprint density at radius 3 is 2.87 bits per heavy atom. The normalized spacial score (nSPS) is 12.5. The molecule has 0 saturated carbocycles. The maximum absolute atomic E-state index is 8.87. The van der Waals surface area contributed by atoms with E-state index in [1.807, 2.05) is 12.1 Å². The number of benzene rings is 2. The van der Waals surface area contributed by atoms with E-state index in [2.05, 4.69) is 42.6 Å². The molecule has 2 aromatic rings. The van der Waals surface area contributed by atoms with Crippen LogP contribution in [0.1, 0.15) is 11.1 Å². The van der Waals surface area contributed by atoms with E-state index < -0.39 is 0 Å². The number of hydrogen-bond acceptors (Lipinski definition) is 4. The van der Waals surface area contributed by atoms with E-state index in [1.165, 1.54) is 25.8 Å². The Kier molecular flexibility index (Phi) is 5.22. The van der Waals surface area contributed by atoms with Gasteiger partial charge in [0.05, 0.1) is 0 Å². The van der Waals surface area contributed by atoms with E-state index in [0.717, 1.165) is 17.3 Å². The standard InChI is InChI=1S/C18H15ClN2S2/c1-21(12-20)8-9-22-18-10-13-4-2-3-5-16(13)23-17-7-6-14(19)11-15(17)18/h2-7,10-11H,8-9H2,1H3. The lowest BCUT2D eigenvalue weighted by molar-refractivity contribution is 0.508. The van der Waals surface area contributed by atoms with Gasteiger partial charge in [-0.1, -0.05) is 41.6 Å². The van der Waals surface area contributed by atoms with Gasteiger partial charge in [0.25, 0.3) is 0 Å². The molecule has 2 nitrogen and oxygen atoms in total. The number of rotatable bonds is 4. The van der Waals surface area contributed by atoms with Crippen molar-refractivity contribution in [3.63, 3.8) is 0 Å². The number of nitrogens with zero attached hydrogens (tertiary/aromatic N) is 2. The van der Waals surface area contributed by atoms with Crippen LogP contribution in [0.4, 0.5) is 0 Å². The zero-order chi connectivity index (χ0) is 16.2. The van der Waals surface area contributed by atoms with Crippen LogP contribution in [0, 0.1) is 11.5 Å². The Morgan fingerprint density at radius 1 is 1.22 bits per heavy atom. The molecular weight excluding hydrogens is 344 g/mol. The molecular formula is C18H15ClN2S2. The molecule has 3 rings (SSSR count). The van der Waals surface area contributed by atoms with Crippen LogP contribution in [0.15, 0.2) is 52.3 Å². The maximum atomic E-state index is 8.87. The fourth-order valence-electron chi connectivity index (χ4n) is 2.28. The Bertz CT molecular complexity index is 796. The molecule has 1 heterocycles. The van der Waals surface area contributed by atoms with E-state index in [-0.39, 0.29) is 0 Å². The van der Waals surface area contributed by atoms with Crippen molar-refractivity contribution in [1.29, 1.82) is 5.26 Å². The fraction of sp³-hybridized carbons (Fsp3) is 0.167. The molecule has 116 valence electrons. The summed E-state index contributed by atoms with van der Waals surface area (Å²) >= 11 is 9.76. The lowest BCUT2D eigenvalue weighted by atomic mass is 10.1. The van der Waals surface area contributed by atoms with Crippen LogP contribution in [0.5, 0.6) is 0 Å². The zero-order valence-electron chi connectivity index (χ0n) is 12.6. The molecule has 0 aliphatic carbocycles. The molecule has 0 spiro atoms. The van der Waals surface area contributed by atoms with Gasteiger partial charge < -0.3 is 4.90 Å². The van der Waals surface area contributed by atoms with E-state index in [0.29, 0.717) is 0 Å². The number of hydrogen-bond donors (Lipinski definition) is 0. The predicted octanol–water partition coefficient (Wildman–Crippen LogP) is 5.45. The van der Waals surface area contributed by atoms with Crippen LogP contribution in [0.25, 0.3) is 11.0 Å². The van der Waals surface area contributed by atoms with Gasteiger partial charge in [-0.25, -0.2) is 0 Å². The molecule has 0 N–H and O–H groups in total. The first-order valence-corrected chi connectivity index (χ1v) is 9.37. The van der Waals surface area contributed by atoms with Gasteiger partial charge in [0.1, 0.15) is 0 Å². The molecule has 0 amide bonds. The number of nitriles is 1. The van der Waals surface area contributed by atoms with E-state index >= 15 is 0 Å². The van der Waals surface area contributed by atoms with Gasteiger partial charge in [0, 0.05) is 44.6 Å². The average Bonchev–Trinajstić information content (AvgIpc) is 2.71. The predicted molar refractivity (Wildman–Crippen MR) is 101 cm³/mol. The Hall–Kier alpha value is -1.54. The Labute approximate surface area is 150 Å². The van der Waals surface area contributed by atoms with Gasteiger partial charge in [0.2, 0.25) is 0 Å². The monoisotopic (exact) mass is 358 g/mol. The summed E-state index contributed by atoms with van der Waals surface area (Å²) in [6.07, 6.45) is 4.36. The van der Waals surface area contributed by atoms with E-state index in [1.54, 1.807) is 35.5 Å². The van der Waals surface area contributed by atoms with Crippen LogP contribution in [0.3, 0.4) is 0 Å². The third kappa shape index (κ3) is 3.87. The SMILES string of the molecule is CN(C#N)CCSC1=Cc2ccccc2Sc2ccc(Cl)cc21. The fourth-order valence-corrected chi connectivity index (χ4v) is 4.68. The lowest BCUT2D eigenvalue weighted by Crippen LogP contribution is -2.14. The van der Waals surface area contributed by atoms with Crippen molar-refractivity contribution in [2.24, 2.45) is 0 Å². The topological polar surface area (TPSA) is 27.0 Å². The van der Waals surface area contributed by atoms with Crippen molar-refractivity contribution < 1.29 is 0 Å². The third-order valence-electron chi connectivity index (χ3n) is 3.49. The van der Waals surface area contributed by atoms with Crippen LogP contribution < -0.4 is 0 Å². The summed E-state index contributed by atoms with van der Waals surface area (Å²) in [5.41, 5.74) is 2.39. The smallest absolute Gasteiger partial charge is 0.179 e. The van der Waals surface area contributed by atoms with Gasteiger partial charge >= 0.3 is 0 Å². The molecule has 0 bridgehead atoms. The van der Waals surface area contributed by atoms with Crippen molar-refractivity contribution in [3.05, 3.63) is 58.6 Å². The summed E-state index contributed by atoms with van der Waals surface area (Å²) in [6.45, 7) is 0.725. The highest BCUT2D eigenvalue weighted by atomic mass is 35.5. The minimum atomic E-state index is 0.725. The van der Waals surface area contributed by atoms with Crippen molar-refractivity contribution >= 4 is 46.1 Å². The molecule has 0 aromatic heterocycles. The highest BCUT2D eigenvalue weighted by Crippen LogP contribution is 2.44. The summed E-state index contributed by atoms with van der Waals surface area (Å²) in [7, 11) is 1.80. The molecule has 1 aliphatic heterocycles. The van der Waals surface area contributed by atoms with Gasteiger partial charge in [-0.3, -0.25) is 0 Å². The minimum Gasteiger partial charge on any atom is -0.313 e. The quantitative estimate of drug-likeness (QED) is 0.536. The molecule has 23 heavy (non-hydrogen) atoms. The molecule has 0 unspecified atom stereocenters. The summed E-state index contributed by atoms with van der Waals surface area (Å²) in [5.74, 6) is 0.856. The number of thioether (sulfide) groups is 1. The second-order valence-electron chi connectivity index (χ2n) is 5.16. The summed E-state index contributed by atoms with van der Waals surface area (Å²) in [5, 5.41) is 9.62. The summed E-state index contributed by atoms with van der Waals surface area (Å²) in [6, 6.07) is 14.5. The molecule has 0 radical (unpaired) electrons. The van der Waals surface area contributed by atoms with Gasteiger partial charge in [-0.15, -0.1) is 11.8 Å². The molecule has 0 atom stereocenters. The number of fused-ring (bicyclic) bond motifs is 2. The second kappa shape index (κ2) is 7.35.